The Labute approximate surface area is 116 Å². The zero-order chi connectivity index (χ0) is 14.4. The average Bonchev–Trinajstić information content (AvgIpc) is 2.48. The van der Waals surface area contributed by atoms with Crippen LogP contribution in [0.4, 0.5) is 0 Å². The van der Waals surface area contributed by atoms with Crippen molar-refractivity contribution in [3.8, 4) is 11.5 Å². The maximum atomic E-state index is 11.3. The highest BCUT2D eigenvalue weighted by Gasteiger charge is 2.11. The first kappa shape index (κ1) is 13.7. The molecule has 4 nitrogen and oxygen atoms in total. The molecule has 0 amide bonds. The molecule has 0 spiro atoms. The molecule has 0 saturated heterocycles. The molecule has 0 unspecified atom stereocenters. The van der Waals surface area contributed by atoms with Crippen LogP contribution in [-0.2, 0) is 4.79 Å². The van der Waals surface area contributed by atoms with E-state index in [-0.39, 0.29) is 5.57 Å². The molecule has 0 heterocycles. The standard InChI is InChI=1S/C16H14O4/c1-19-14-9-5-6-10-15(14)20-11-13(16(17)18)12-7-3-2-4-8-12/h2-11H,1H3,(H,17,18). The molecule has 20 heavy (non-hydrogen) atoms. The van der Waals surface area contributed by atoms with Gasteiger partial charge >= 0.3 is 5.97 Å². The number of carboxylic acids is 1. The van der Waals surface area contributed by atoms with Crippen LogP contribution >= 0.6 is 0 Å². The second-order valence-corrected chi connectivity index (χ2v) is 3.97. The third-order valence-electron chi connectivity index (χ3n) is 2.69. The lowest BCUT2D eigenvalue weighted by atomic mass is 10.1. The number of carbonyl (C=O) groups is 1. The monoisotopic (exact) mass is 270 g/mol. The summed E-state index contributed by atoms with van der Waals surface area (Å²) in [7, 11) is 1.53. The van der Waals surface area contributed by atoms with E-state index in [1.54, 1.807) is 42.5 Å². The van der Waals surface area contributed by atoms with E-state index in [1.807, 2.05) is 12.1 Å². The highest BCUT2D eigenvalue weighted by molar-refractivity contribution is 6.15. The second-order valence-electron chi connectivity index (χ2n) is 3.97. The zero-order valence-corrected chi connectivity index (χ0v) is 10.9. The van der Waals surface area contributed by atoms with Crippen LogP contribution < -0.4 is 9.47 Å². The van der Waals surface area contributed by atoms with Crippen molar-refractivity contribution in [2.45, 2.75) is 0 Å². The summed E-state index contributed by atoms with van der Waals surface area (Å²) in [6.45, 7) is 0. The maximum Gasteiger partial charge on any atom is 0.339 e. The Bertz CT molecular complexity index is 617. The predicted octanol–water partition coefficient (Wildman–Crippen LogP) is 3.20. The molecule has 0 aliphatic carbocycles. The number of aliphatic carboxylic acids is 1. The Balaban J connectivity index is 2.29. The van der Waals surface area contributed by atoms with Crippen molar-refractivity contribution in [1.82, 2.24) is 0 Å². The summed E-state index contributed by atoms with van der Waals surface area (Å²) < 4.78 is 10.6. The van der Waals surface area contributed by atoms with E-state index in [2.05, 4.69) is 0 Å². The first-order valence-corrected chi connectivity index (χ1v) is 6.01. The zero-order valence-electron chi connectivity index (χ0n) is 10.9. The molecule has 2 rings (SSSR count). The third-order valence-corrected chi connectivity index (χ3v) is 2.69. The molecule has 0 atom stereocenters. The SMILES string of the molecule is COc1ccccc1OC=C(C(=O)O)c1ccccc1. The van der Waals surface area contributed by atoms with Gasteiger partial charge in [0.25, 0.3) is 0 Å². The molecule has 102 valence electrons. The minimum atomic E-state index is -1.05. The van der Waals surface area contributed by atoms with Crippen molar-refractivity contribution in [3.05, 3.63) is 66.4 Å². The lowest BCUT2D eigenvalue weighted by molar-refractivity contribution is -0.130. The van der Waals surface area contributed by atoms with Gasteiger partial charge in [0.05, 0.1) is 7.11 Å². The molecule has 0 fully saturated rings. The Morgan fingerprint density at radius 2 is 1.60 bits per heavy atom. The average molecular weight is 270 g/mol. The van der Waals surface area contributed by atoms with Crippen LogP contribution in [-0.4, -0.2) is 18.2 Å². The number of ether oxygens (including phenoxy) is 2. The minimum absolute atomic E-state index is 0.0801. The van der Waals surface area contributed by atoms with Gasteiger partial charge in [0.15, 0.2) is 11.5 Å². The van der Waals surface area contributed by atoms with Crippen LogP contribution in [0.3, 0.4) is 0 Å². The van der Waals surface area contributed by atoms with Crippen LogP contribution in [0.5, 0.6) is 11.5 Å². The topological polar surface area (TPSA) is 55.8 Å². The summed E-state index contributed by atoms with van der Waals surface area (Å²) in [4.78, 5) is 11.3. The summed E-state index contributed by atoms with van der Waals surface area (Å²) in [6.07, 6.45) is 1.22. The number of carboxylic acid groups (broad SMARTS) is 1. The number of para-hydroxylation sites is 2. The highest BCUT2D eigenvalue weighted by atomic mass is 16.5. The fraction of sp³-hybridized carbons (Fsp3) is 0.0625. The van der Waals surface area contributed by atoms with E-state index < -0.39 is 5.97 Å². The fourth-order valence-corrected chi connectivity index (χ4v) is 1.70. The second kappa shape index (κ2) is 6.43. The molecular formula is C16H14O4. The van der Waals surface area contributed by atoms with Gasteiger partial charge in [-0.2, -0.15) is 0 Å². The molecule has 0 aromatic heterocycles. The molecule has 0 saturated carbocycles. The Kier molecular flexibility index (Phi) is 4.39. The Morgan fingerprint density at radius 3 is 2.20 bits per heavy atom. The Hall–Kier alpha value is -2.75. The first-order valence-electron chi connectivity index (χ1n) is 6.01. The van der Waals surface area contributed by atoms with Crippen molar-refractivity contribution in [2.75, 3.05) is 7.11 Å². The highest BCUT2D eigenvalue weighted by Crippen LogP contribution is 2.27. The normalized spacial score (nSPS) is 10.9. The van der Waals surface area contributed by atoms with Crippen molar-refractivity contribution >= 4 is 11.5 Å². The predicted molar refractivity (Wildman–Crippen MR) is 75.7 cm³/mol. The quantitative estimate of drug-likeness (QED) is 0.669. The van der Waals surface area contributed by atoms with Gasteiger partial charge in [-0.05, 0) is 17.7 Å². The molecule has 0 aliphatic rings. The lowest BCUT2D eigenvalue weighted by Gasteiger charge is -2.08. The smallest absolute Gasteiger partial charge is 0.339 e. The van der Waals surface area contributed by atoms with E-state index in [0.717, 1.165) is 0 Å². The number of hydrogen-bond acceptors (Lipinski definition) is 3. The lowest BCUT2D eigenvalue weighted by Crippen LogP contribution is -2.01. The van der Waals surface area contributed by atoms with Gasteiger partial charge in [-0.1, -0.05) is 42.5 Å². The van der Waals surface area contributed by atoms with Crippen LogP contribution in [0.1, 0.15) is 5.56 Å². The van der Waals surface area contributed by atoms with Gasteiger partial charge in [-0.3, -0.25) is 0 Å². The van der Waals surface area contributed by atoms with Gasteiger partial charge in [-0.25, -0.2) is 4.79 Å². The molecule has 2 aromatic rings. The van der Waals surface area contributed by atoms with Gasteiger partial charge in [0.1, 0.15) is 11.8 Å². The summed E-state index contributed by atoms with van der Waals surface area (Å²) in [5, 5.41) is 9.25. The molecule has 4 heteroatoms. The first-order chi connectivity index (χ1) is 9.72. The van der Waals surface area contributed by atoms with Crippen molar-refractivity contribution in [1.29, 1.82) is 0 Å². The summed E-state index contributed by atoms with van der Waals surface area (Å²) in [5.74, 6) is -0.0441. The molecule has 0 aliphatic heterocycles. The maximum absolute atomic E-state index is 11.3. The van der Waals surface area contributed by atoms with Crippen molar-refractivity contribution < 1.29 is 19.4 Å². The molecule has 0 radical (unpaired) electrons. The number of rotatable bonds is 5. The van der Waals surface area contributed by atoms with Crippen LogP contribution in [0.15, 0.2) is 60.9 Å². The number of methoxy groups -OCH3 is 1. The number of benzene rings is 2. The van der Waals surface area contributed by atoms with Crippen LogP contribution in [0, 0.1) is 0 Å². The minimum Gasteiger partial charge on any atom is -0.493 e. The molecule has 1 N–H and O–H groups in total. The molecule has 2 aromatic carbocycles. The van der Waals surface area contributed by atoms with Crippen molar-refractivity contribution in [3.63, 3.8) is 0 Å². The van der Waals surface area contributed by atoms with E-state index in [0.29, 0.717) is 17.1 Å². The van der Waals surface area contributed by atoms with Crippen LogP contribution in [0.2, 0.25) is 0 Å². The van der Waals surface area contributed by atoms with Crippen molar-refractivity contribution in [2.24, 2.45) is 0 Å². The van der Waals surface area contributed by atoms with Gasteiger partial charge in [0, 0.05) is 0 Å². The summed E-state index contributed by atoms with van der Waals surface area (Å²) in [5.41, 5.74) is 0.659. The fourth-order valence-electron chi connectivity index (χ4n) is 1.70. The van der Waals surface area contributed by atoms with Gasteiger partial charge in [0.2, 0.25) is 0 Å². The third kappa shape index (κ3) is 3.17. The van der Waals surface area contributed by atoms with Gasteiger partial charge < -0.3 is 14.6 Å². The number of hydrogen-bond donors (Lipinski definition) is 1. The van der Waals surface area contributed by atoms with E-state index in [4.69, 9.17) is 9.47 Å². The Morgan fingerprint density at radius 1 is 1.00 bits per heavy atom. The van der Waals surface area contributed by atoms with E-state index >= 15 is 0 Å². The molecule has 0 bridgehead atoms. The van der Waals surface area contributed by atoms with Gasteiger partial charge in [-0.15, -0.1) is 0 Å². The summed E-state index contributed by atoms with van der Waals surface area (Å²) >= 11 is 0. The largest absolute Gasteiger partial charge is 0.493 e. The van der Waals surface area contributed by atoms with E-state index in [1.165, 1.54) is 13.4 Å². The summed E-state index contributed by atoms with van der Waals surface area (Å²) in [6, 6.07) is 15.8. The molecular weight excluding hydrogens is 256 g/mol. The van der Waals surface area contributed by atoms with Crippen LogP contribution in [0.25, 0.3) is 5.57 Å². The van der Waals surface area contributed by atoms with E-state index in [9.17, 15) is 9.90 Å².